The second-order valence-corrected chi connectivity index (χ2v) is 15.5. The minimum atomic E-state index is 0.645. The van der Waals surface area contributed by atoms with Gasteiger partial charge in [-0.1, -0.05) is 129 Å². The molecule has 2 bridgehead atoms. The lowest BCUT2D eigenvalue weighted by molar-refractivity contribution is 0.154. The van der Waals surface area contributed by atoms with E-state index in [0.717, 1.165) is 24.7 Å². The van der Waals surface area contributed by atoms with Gasteiger partial charge in [0.05, 0.1) is 6.17 Å². The van der Waals surface area contributed by atoms with Gasteiger partial charge in [0.15, 0.2) is 0 Å². The van der Waals surface area contributed by atoms with Crippen LogP contribution in [0.5, 0.6) is 0 Å². The van der Waals surface area contributed by atoms with Crippen LogP contribution in [0, 0.1) is 13.8 Å². The van der Waals surface area contributed by atoms with Gasteiger partial charge in [-0.3, -0.25) is 0 Å². The summed E-state index contributed by atoms with van der Waals surface area (Å²) in [6.45, 7) is 16.0. The number of allylic oxidation sites excluding steroid dienone is 2. The van der Waals surface area contributed by atoms with Gasteiger partial charge >= 0.3 is 0 Å². The summed E-state index contributed by atoms with van der Waals surface area (Å²) in [7, 11) is 0. The highest BCUT2D eigenvalue weighted by Gasteiger charge is 2.34. The Morgan fingerprint density at radius 3 is 1.22 bits per heavy atom. The molecule has 0 spiro atoms. The first-order valence-electron chi connectivity index (χ1n) is 21.8. The van der Waals surface area contributed by atoms with Crippen molar-refractivity contribution in [3.05, 3.63) is 47.8 Å². The van der Waals surface area contributed by atoms with E-state index in [9.17, 15) is 0 Å². The van der Waals surface area contributed by atoms with Crippen molar-refractivity contribution >= 4 is 0 Å². The maximum atomic E-state index is 4.23. The summed E-state index contributed by atoms with van der Waals surface area (Å²) in [6, 6.07) is 0. The van der Waals surface area contributed by atoms with Crippen LogP contribution in [0.15, 0.2) is 36.2 Å². The summed E-state index contributed by atoms with van der Waals surface area (Å²) in [5, 5.41) is 0. The van der Waals surface area contributed by atoms with E-state index in [-0.39, 0.29) is 0 Å². The average Bonchev–Trinajstić information content (AvgIpc) is 3.80. The smallest absolute Gasteiger partial charge is 0.105 e. The molecule has 0 saturated carbocycles. The molecule has 2 aromatic heterocycles. The van der Waals surface area contributed by atoms with Crippen molar-refractivity contribution in [3.8, 4) is 0 Å². The second-order valence-electron chi connectivity index (χ2n) is 15.5. The van der Waals surface area contributed by atoms with E-state index in [1.807, 2.05) is 12.4 Å². The number of fused-ring (bicyclic) bond motifs is 4. The van der Waals surface area contributed by atoms with Gasteiger partial charge in [-0.2, -0.15) is 0 Å². The standard InChI is InChI=1S/C16H28N2.2C14H26N2/c1-14-17-12-8-4-5-9-13-18(14)16-11-7-3-2-6-10-15(16)17;2*1-3-4-5-6-7-8-9-10-12-16-13-11-15-14(16)2/h14H,2-13H2,1H3;2*11,13H,3-10,12H2,1-2H3. The molecular weight excluding hydrogens is 613 g/mol. The highest BCUT2D eigenvalue weighted by atomic mass is 15.4. The number of imidazole rings is 2. The van der Waals surface area contributed by atoms with Gasteiger partial charge in [-0.25, -0.2) is 9.97 Å². The summed E-state index contributed by atoms with van der Waals surface area (Å²) in [5.41, 5.74) is 3.45. The molecule has 2 aromatic rings. The lowest BCUT2D eigenvalue weighted by Gasteiger charge is -2.31. The lowest BCUT2D eigenvalue weighted by atomic mass is 10.0. The molecule has 6 nitrogen and oxygen atoms in total. The highest BCUT2D eigenvalue weighted by molar-refractivity contribution is 5.21. The number of hydrogen-bond donors (Lipinski definition) is 0. The third-order valence-corrected chi connectivity index (χ3v) is 11.4. The Morgan fingerprint density at radius 1 is 0.500 bits per heavy atom. The zero-order valence-electron chi connectivity index (χ0n) is 33.8. The van der Waals surface area contributed by atoms with Crippen LogP contribution in [0.1, 0.15) is 199 Å². The van der Waals surface area contributed by atoms with E-state index < -0.39 is 0 Å². The molecule has 0 unspecified atom stereocenters. The molecule has 286 valence electrons. The zero-order chi connectivity index (χ0) is 35.7. The van der Waals surface area contributed by atoms with E-state index in [1.54, 1.807) is 11.4 Å². The van der Waals surface area contributed by atoms with Crippen molar-refractivity contribution in [2.24, 2.45) is 0 Å². The van der Waals surface area contributed by atoms with Crippen LogP contribution < -0.4 is 0 Å². The van der Waals surface area contributed by atoms with Crippen LogP contribution in [-0.4, -0.2) is 48.2 Å². The first-order valence-corrected chi connectivity index (χ1v) is 21.8. The molecular formula is C44H80N6. The first-order chi connectivity index (χ1) is 24.6. The molecule has 2 aliphatic heterocycles. The van der Waals surface area contributed by atoms with Crippen molar-refractivity contribution in [2.75, 3.05) is 13.1 Å². The third kappa shape index (κ3) is 16.0. The summed E-state index contributed by atoms with van der Waals surface area (Å²) in [5.74, 6) is 2.28. The van der Waals surface area contributed by atoms with Gasteiger partial charge < -0.3 is 18.9 Å². The van der Waals surface area contributed by atoms with Crippen LogP contribution in [0.4, 0.5) is 0 Å². The van der Waals surface area contributed by atoms with E-state index in [2.05, 4.69) is 75.9 Å². The molecule has 0 amide bonds. The Morgan fingerprint density at radius 2 is 0.860 bits per heavy atom. The largest absolute Gasteiger partial charge is 0.353 e. The van der Waals surface area contributed by atoms with E-state index in [0.29, 0.717) is 6.17 Å². The van der Waals surface area contributed by atoms with Gasteiger partial charge in [0.2, 0.25) is 0 Å². The monoisotopic (exact) mass is 693 g/mol. The maximum absolute atomic E-state index is 4.23. The molecule has 0 N–H and O–H groups in total. The van der Waals surface area contributed by atoms with E-state index in [4.69, 9.17) is 0 Å². The topological polar surface area (TPSA) is 42.1 Å². The maximum Gasteiger partial charge on any atom is 0.105 e. The van der Waals surface area contributed by atoms with E-state index >= 15 is 0 Å². The zero-order valence-corrected chi connectivity index (χ0v) is 33.8. The van der Waals surface area contributed by atoms with Gasteiger partial charge in [0.25, 0.3) is 0 Å². The van der Waals surface area contributed by atoms with Crippen molar-refractivity contribution in [1.82, 2.24) is 28.9 Å². The fraction of sp³-hybridized carbons (Fsp3) is 0.818. The minimum Gasteiger partial charge on any atom is -0.353 e. The molecule has 0 aromatic carbocycles. The molecule has 1 aliphatic carbocycles. The Bertz CT molecular complexity index is 1040. The molecule has 6 heteroatoms. The quantitative estimate of drug-likeness (QED) is 0.146. The van der Waals surface area contributed by atoms with Crippen molar-refractivity contribution in [3.63, 3.8) is 0 Å². The Hall–Kier alpha value is -2.24. The second kappa shape index (κ2) is 26.5. The fourth-order valence-electron chi connectivity index (χ4n) is 8.14. The van der Waals surface area contributed by atoms with Gasteiger partial charge in [0.1, 0.15) is 11.6 Å². The van der Waals surface area contributed by atoms with Crippen LogP contribution in [0.3, 0.4) is 0 Å². The molecule has 1 fully saturated rings. The summed E-state index contributed by atoms with van der Waals surface area (Å²) in [6.07, 6.45) is 44.8. The van der Waals surface area contributed by atoms with Crippen molar-refractivity contribution in [1.29, 1.82) is 0 Å². The van der Waals surface area contributed by atoms with Gasteiger partial charge in [0, 0.05) is 62.4 Å². The molecule has 0 atom stereocenters. The van der Waals surface area contributed by atoms with Crippen molar-refractivity contribution in [2.45, 2.75) is 221 Å². The SMILES string of the molecule is CC1N2CCCCCCN1C1=C2CCCCCC1.CCCCCCCCCCn1ccnc1C.CCCCCCCCCCn1ccnc1C. The van der Waals surface area contributed by atoms with Crippen LogP contribution >= 0.6 is 0 Å². The number of nitrogens with zero attached hydrogens (tertiary/aromatic N) is 6. The van der Waals surface area contributed by atoms with E-state index in [1.165, 1.54) is 180 Å². The summed E-state index contributed by atoms with van der Waals surface area (Å²) >= 11 is 0. The Kier molecular flexibility index (Phi) is 22.4. The first kappa shape index (κ1) is 42.2. The molecule has 50 heavy (non-hydrogen) atoms. The summed E-state index contributed by atoms with van der Waals surface area (Å²) in [4.78, 5) is 13.9. The van der Waals surface area contributed by atoms with Crippen LogP contribution in [0.25, 0.3) is 0 Å². The Labute approximate surface area is 309 Å². The van der Waals surface area contributed by atoms with Crippen molar-refractivity contribution < 1.29 is 0 Å². The summed E-state index contributed by atoms with van der Waals surface area (Å²) < 4.78 is 4.49. The predicted octanol–water partition coefficient (Wildman–Crippen LogP) is 12.8. The van der Waals surface area contributed by atoms with Gasteiger partial charge in [-0.15, -0.1) is 0 Å². The minimum absolute atomic E-state index is 0.645. The molecule has 3 aliphatic rings. The van der Waals surface area contributed by atoms with Crippen LogP contribution in [0.2, 0.25) is 0 Å². The molecule has 5 rings (SSSR count). The van der Waals surface area contributed by atoms with Gasteiger partial charge in [-0.05, 0) is 72.1 Å². The number of unbranched alkanes of at least 4 members (excludes halogenated alkanes) is 14. The number of hydrogen-bond acceptors (Lipinski definition) is 4. The average molecular weight is 693 g/mol. The highest BCUT2D eigenvalue weighted by Crippen LogP contribution is 2.38. The Balaban J connectivity index is 0.000000204. The van der Waals surface area contributed by atoms with Crippen LogP contribution in [-0.2, 0) is 13.1 Å². The predicted molar refractivity (Wildman–Crippen MR) is 215 cm³/mol. The molecule has 1 saturated heterocycles. The number of aryl methyl sites for hydroxylation is 4. The normalized spacial score (nSPS) is 16.7. The molecule has 0 radical (unpaired) electrons. The number of rotatable bonds is 18. The number of aromatic nitrogens is 4. The third-order valence-electron chi connectivity index (χ3n) is 11.4. The lowest BCUT2D eigenvalue weighted by Crippen LogP contribution is -2.38. The molecule has 4 heterocycles. The fourth-order valence-corrected chi connectivity index (χ4v) is 8.14.